The van der Waals surface area contributed by atoms with Crippen LogP contribution in [0.1, 0.15) is 25.7 Å². The fourth-order valence-electron chi connectivity index (χ4n) is 3.54. The summed E-state index contributed by atoms with van der Waals surface area (Å²) in [4.78, 5) is 11.0. The minimum absolute atomic E-state index is 0.241. The fraction of sp³-hybridized carbons (Fsp3) is 0.889. The van der Waals surface area contributed by atoms with E-state index in [1.807, 2.05) is 0 Å². The second-order valence-corrected chi connectivity index (χ2v) is 4.47. The second kappa shape index (κ2) is 1.47. The van der Waals surface area contributed by atoms with Crippen LogP contribution in [0.5, 0.6) is 0 Å². The van der Waals surface area contributed by atoms with Crippen LogP contribution < -0.4 is 0 Å². The van der Waals surface area contributed by atoms with Gasteiger partial charge < -0.3 is 5.11 Å². The Kier molecular flexibility index (Phi) is 0.809. The number of carbonyl (C=O) groups is 1. The maximum Gasteiger partial charge on any atom is 0.309 e. The summed E-state index contributed by atoms with van der Waals surface area (Å²) in [6.07, 6.45) is 4.37. The van der Waals surface area contributed by atoms with Crippen LogP contribution in [0.2, 0.25) is 0 Å². The molecule has 3 aliphatic rings. The Balaban J connectivity index is 2.03. The molecule has 0 radical (unpaired) electrons. The van der Waals surface area contributed by atoms with Gasteiger partial charge in [0.1, 0.15) is 0 Å². The van der Waals surface area contributed by atoms with Gasteiger partial charge in [0.15, 0.2) is 0 Å². The highest BCUT2D eigenvalue weighted by molar-refractivity contribution is 5.77. The van der Waals surface area contributed by atoms with Crippen molar-refractivity contribution >= 4 is 5.97 Å². The van der Waals surface area contributed by atoms with E-state index in [1.165, 1.54) is 12.8 Å². The Morgan fingerprint density at radius 2 is 2.36 bits per heavy atom. The van der Waals surface area contributed by atoms with E-state index in [4.69, 9.17) is 5.11 Å². The van der Waals surface area contributed by atoms with E-state index in [-0.39, 0.29) is 5.41 Å². The van der Waals surface area contributed by atoms with E-state index in [0.29, 0.717) is 5.92 Å². The fourth-order valence-corrected chi connectivity index (χ4v) is 3.54. The second-order valence-electron chi connectivity index (χ2n) is 4.47. The molecule has 0 aromatic carbocycles. The number of rotatable bonds is 1. The number of hydrogen-bond donors (Lipinski definition) is 1. The van der Waals surface area contributed by atoms with Crippen molar-refractivity contribution in [1.82, 2.24) is 0 Å². The van der Waals surface area contributed by atoms with Gasteiger partial charge in [0.2, 0.25) is 0 Å². The van der Waals surface area contributed by atoms with Crippen LogP contribution in [-0.4, -0.2) is 11.1 Å². The average molecular weight is 152 g/mol. The largest absolute Gasteiger partial charge is 0.481 e. The average Bonchev–Trinajstić information content (AvgIpc) is 2.60. The predicted octanol–water partition coefficient (Wildman–Crippen LogP) is 1.51. The molecule has 0 unspecified atom stereocenters. The number of fused-ring (bicyclic) bond motifs is 5. The van der Waals surface area contributed by atoms with Crippen molar-refractivity contribution in [3.05, 3.63) is 0 Å². The molecule has 1 N–H and O–H groups in total. The van der Waals surface area contributed by atoms with E-state index in [2.05, 4.69) is 0 Å². The Bertz CT molecular complexity index is 236. The van der Waals surface area contributed by atoms with E-state index < -0.39 is 5.97 Å². The number of hydrogen-bond acceptors (Lipinski definition) is 1. The Hall–Kier alpha value is -0.530. The molecule has 0 spiro atoms. The molecule has 11 heavy (non-hydrogen) atoms. The van der Waals surface area contributed by atoms with E-state index in [1.54, 1.807) is 0 Å². The first kappa shape index (κ1) is 6.04. The molecular formula is C9H12O2. The summed E-state index contributed by atoms with van der Waals surface area (Å²) in [5, 5.41) is 9.09. The molecule has 0 aliphatic heterocycles. The maximum absolute atomic E-state index is 11.0. The predicted molar refractivity (Wildman–Crippen MR) is 39.0 cm³/mol. The Morgan fingerprint density at radius 3 is 2.82 bits per heavy atom. The van der Waals surface area contributed by atoms with Crippen molar-refractivity contribution in [3.8, 4) is 0 Å². The molecule has 3 aliphatic carbocycles. The normalized spacial score (nSPS) is 57.6. The standard InChI is InChI=1S/C9H12O2/c10-8(11)9-2-1-5(4-9)6-3-7(6)9/h5-7H,1-4H2,(H,10,11)/t5-,6-,7-,9-/m0/s1. The van der Waals surface area contributed by atoms with Gasteiger partial charge in [-0.25, -0.2) is 0 Å². The van der Waals surface area contributed by atoms with E-state index in [0.717, 1.165) is 24.7 Å². The van der Waals surface area contributed by atoms with Crippen LogP contribution in [-0.2, 0) is 4.79 Å². The monoisotopic (exact) mass is 152 g/mol. The SMILES string of the molecule is O=C(O)[C@@]12CC[C@@H](C1)[C@@H]1C[C@@H]12. The van der Waals surface area contributed by atoms with Gasteiger partial charge in [0.25, 0.3) is 0 Å². The molecule has 2 nitrogen and oxygen atoms in total. The molecule has 0 heterocycles. The third-order valence-corrected chi connectivity index (χ3v) is 4.17. The highest BCUT2D eigenvalue weighted by Gasteiger charge is 2.69. The van der Waals surface area contributed by atoms with Gasteiger partial charge in [-0.1, -0.05) is 0 Å². The minimum Gasteiger partial charge on any atom is -0.481 e. The molecule has 0 amide bonds. The van der Waals surface area contributed by atoms with Gasteiger partial charge in [-0.05, 0) is 43.4 Å². The summed E-state index contributed by atoms with van der Waals surface area (Å²) < 4.78 is 0. The molecule has 0 aromatic heterocycles. The van der Waals surface area contributed by atoms with Gasteiger partial charge in [-0.15, -0.1) is 0 Å². The van der Waals surface area contributed by atoms with Crippen molar-refractivity contribution in [2.75, 3.05) is 0 Å². The van der Waals surface area contributed by atoms with Crippen LogP contribution in [0.15, 0.2) is 0 Å². The molecule has 3 rings (SSSR count). The van der Waals surface area contributed by atoms with Crippen LogP contribution in [0.4, 0.5) is 0 Å². The molecular weight excluding hydrogens is 140 g/mol. The molecule has 0 aromatic rings. The summed E-state index contributed by atoms with van der Waals surface area (Å²) in [7, 11) is 0. The third-order valence-electron chi connectivity index (χ3n) is 4.17. The lowest BCUT2D eigenvalue weighted by Crippen LogP contribution is -2.28. The summed E-state index contributed by atoms with van der Waals surface area (Å²) in [6, 6.07) is 0. The lowest BCUT2D eigenvalue weighted by molar-refractivity contribution is -0.149. The lowest BCUT2D eigenvalue weighted by atomic mass is 9.82. The smallest absolute Gasteiger partial charge is 0.309 e. The number of aliphatic carboxylic acids is 1. The molecule has 3 fully saturated rings. The Morgan fingerprint density at radius 1 is 1.55 bits per heavy atom. The van der Waals surface area contributed by atoms with Crippen molar-refractivity contribution in [3.63, 3.8) is 0 Å². The molecule has 3 saturated carbocycles. The Labute approximate surface area is 65.6 Å². The number of carboxylic acids is 1. The summed E-state index contributed by atoms with van der Waals surface area (Å²) in [6.45, 7) is 0. The van der Waals surface area contributed by atoms with Gasteiger partial charge in [-0.2, -0.15) is 0 Å². The zero-order valence-corrected chi connectivity index (χ0v) is 6.42. The van der Waals surface area contributed by atoms with Gasteiger partial charge in [0.05, 0.1) is 5.41 Å². The van der Waals surface area contributed by atoms with E-state index >= 15 is 0 Å². The maximum atomic E-state index is 11.0. The minimum atomic E-state index is -0.509. The molecule has 2 heteroatoms. The van der Waals surface area contributed by atoms with Crippen molar-refractivity contribution in [1.29, 1.82) is 0 Å². The molecule has 0 saturated heterocycles. The third kappa shape index (κ3) is 0.501. The number of carboxylic acid groups (broad SMARTS) is 1. The highest BCUT2D eigenvalue weighted by Crippen LogP contribution is 2.72. The first-order chi connectivity index (χ1) is 5.24. The van der Waals surface area contributed by atoms with Crippen LogP contribution in [0.3, 0.4) is 0 Å². The van der Waals surface area contributed by atoms with Crippen LogP contribution in [0, 0.1) is 23.2 Å². The first-order valence-electron chi connectivity index (χ1n) is 4.47. The lowest BCUT2D eigenvalue weighted by Gasteiger charge is -2.21. The van der Waals surface area contributed by atoms with Crippen molar-refractivity contribution < 1.29 is 9.90 Å². The van der Waals surface area contributed by atoms with E-state index in [9.17, 15) is 4.79 Å². The van der Waals surface area contributed by atoms with Crippen LogP contribution >= 0.6 is 0 Å². The zero-order chi connectivity index (χ0) is 7.64. The van der Waals surface area contributed by atoms with Crippen molar-refractivity contribution in [2.45, 2.75) is 25.7 Å². The molecule has 4 atom stereocenters. The van der Waals surface area contributed by atoms with Crippen molar-refractivity contribution in [2.24, 2.45) is 23.2 Å². The van der Waals surface area contributed by atoms with Gasteiger partial charge >= 0.3 is 5.97 Å². The molecule has 2 bridgehead atoms. The van der Waals surface area contributed by atoms with Gasteiger partial charge in [-0.3, -0.25) is 4.79 Å². The summed E-state index contributed by atoms with van der Waals surface area (Å²) in [5.41, 5.74) is -0.241. The van der Waals surface area contributed by atoms with Crippen LogP contribution in [0.25, 0.3) is 0 Å². The summed E-state index contributed by atoms with van der Waals surface area (Å²) >= 11 is 0. The highest BCUT2D eigenvalue weighted by atomic mass is 16.4. The first-order valence-corrected chi connectivity index (χ1v) is 4.47. The quantitative estimate of drug-likeness (QED) is 0.618. The summed E-state index contributed by atoms with van der Waals surface area (Å²) in [5.74, 6) is 1.68. The zero-order valence-electron chi connectivity index (χ0n) is 6.42. The van der Waals surface area contributed by atoms with Gasteiger partial charge in [0, 0.05) is 0 Å². The molecule has 60 valence electrons. The topological polar surface area (TPSA) is 37.3 Å².